The molecule has 0 unspecified atom stereocenters. The molecule has 1 amide bonds. The Morgan fingerprint density at radius 2 is 1.38 bits per heavy atom. The summed E-state index contributed by atoms with van der Waals surface area (Å²) in [6.07, 6.45) is 0.587. The summed E-state index contributed by atoms with van der Waals surface area (Å²) in [4.78, 5) is 21.6. The third kappa shape index (κ3) is 7.47. The van der Waals surface area contributed by atoms with Crippen LogP contribution in [0.5, 0.6) is 23.0 Å². The first-order valence-electron chi connectivity index (χ1n) is 13.1. The van der Waals surface area contributed by atoms with Gasteiger partial charge in [0.1, 0.15) is 17.2 Å². The van der Waals surface area contributed by atoms with Crippen molar-refractivity contribution in [1.82, 2.24) is 0 Å². The van der Waals surface area contributed by atoms with Crippen molar-refractivity contribution >= 4 is 42.0 Å². The molecule has 0 spiro atoms. The molecule has 0 aromatic heterocycles. The minimum Gasteiger partial charge on any atom is -0.457 e. The molecule has 1 saturated heterocycles. The number of carbonyl (C=O) groups excluding carboxylic acids is 1. The highest BCUT2D eigenvalue weighted by Crippen LogP contribution is 2.38. The lowest BCUT2D eigenvalue weighted by atomic mass is 9.78. The van der Waals surface area contributed by atoms with Crippen LogP contribution in [0.4, 0.5) is 11.4 Å². The molecular formula is C31H30BClN2O7. The summed E-state index contributed by atoms with van der Waals surface area (Å²) in [6.45, 7) is 7.63. The van der Waals surface area contributed by atoms with Gasteiger partial charge in [0.2, 0.25) is 6.41 Å². The van der Waals surface area contributed by atoms with Gasteiger partial charge in [-0.25, -0.2) is 0 Å². The maximum absolute atomic E-state index is 11.5. The van der Waals surface area contributed by atoms with E-state index < -0.39 is 23.2 Å². The van der Waals surface area contributed by atoms with Gasteiger partial charge < -0.3 is 24.1 Å². The average molecular weight is 589 g/mol. The Kier molecular flexibility index (Phi) is 9.52. The Morgan fingerprint density at radius 3 is 1.93 bits per heavy atom. The number of carbonyl (C=O) groups is 1. The van der Waals surface area contributed by atoms with Gasteiger partial charge in [-0.2, -0.15) is 0 Å². The fourth-order valence-corrected chi connectivity index (χ4v) is 4.09. The predicted octanol–water partition coefficient (Wildman–Crippen LogP) is 7.39. The van der Waals surface area contributed by atoms with E-state index in [9.17, 15) is 14.9 Å². The van der Waals surface area contributed by atoms with Crippen LogP contribution in [0, 0.1) is 10.1 Å². The zero-order valence-corrected chi connectivity index (χ0v) is 24.3. The summed E-state index contributed by atoms with van der Waals surface area (Å²) < 4.78 is 23.2. The molecule has 1 heterocycles. The number of para-hydroxylation sites is 2. The number of halogens is 1. The Bertz CT molecular complexity index is 1520. The highest BCUT2D eigenvalue weighted by Gasteiger charge is 2.53. The number of nitrogens with one attached hydrogen (secondary N) is 1. The van der Waals surface area contributed by atoms with Crippen LogP contribution in [-0.2, 0) is 14.1 Å². The molecule has 5 rings (SSSR count). The van der Waals surface area contributed by atoms with Crippen molar-refractivity contribution in [3.63, 3.8) is 0 Å². The number of ether oxygens (including phenoxy) is 2. The van der Waals surface area contributed by atoms with Gasteiger partial charge in [-0.05, 0) is 76.2 Å². The van der Waals surface area contributed by atoms with Crippen molar-refractivity contribution in [2.24, 2.45) is 0 Å². The van der Waals surface area contributed by atoms with Gasteiger partial charge in [0.05, 0.1) is 33.3 Å². The molecule has 0 aliphatic carbocycles. The van der Waals surface area contributed by atoms with Gasteiger partial charge in [-0.1, -0.05) is 54.1 Å². The van der Waals surface area contributed by atoms with Crippen molar-refractivity contribution in [3.8, 4) is 23.0 Å². The molecule has 1 N–H and O–H groups in total. The van der Waals surface area contributed by atoms with Gasteiger partial charge in [0.25, 0.3) is 5.69 Å². The molecule has 9 nitrogen and oxygen atoms in total. The number of hydrogen-bond acceptors (Lipinski definition) is 7. The van der Waals surface area contributed by atoms with Crippen molar-refractivity contribution in [1.29, 1.82) is 0 Å². The first-order valence-corrected chi connectivity index (χ1v) is 13.5. The highest BCUT2D eigenvalue weighted by atomic mass is 35.5. The van der Waals surface area contributed by atoms with Crippen LogP contribution in [0.3, 0.4) is 0 Å². The number of nitro groups is 1. The Labute approximate surface area is 249 Å². The molecule has 4 aromatic rings. The smallest absolute Gasteiger partial charge is 0.457 e. The molecular weight excluding hydrogens is 559 g/mol. The summed E-state index contributed by atoms with van der Waals surface area (Å²) in [6, 6.07) is 28.2. The number of amides is 1. The predicted molar refractivity (Wildman–Crippen MR) is 163 cm³/mol. The molecule has 11 heteroatoms. The maximum atomic E-state index is 11.5. The largest absolute Gasteiger partial charge is 0.501 e. The van der Waals surface area contributed by atoms with Gasteiger partial charge in [-0.15, -0.1) is 0 Å². The van der Waals surface area contributed by atoms with Gasteiger partial charge in [0.15, 0.2) is 5.75 Å². The van der Waals surface area contributed by atoms with Crippen LogP contribution in [0.25, 0.3) is 0 Å². The van der Waals surface area contributed by atoms with Crippen LogP contribution in [-0.4, -0.2) is 29.7 Å². The molecule has 0 radical (unpaired) electrons. The van der Waals surface area contributed by atoms with Crippen LogP contribution < -0.4 is 20.3 Å². The minimum absolute atomic E-state index is 0.0908. The van der Waals surface area contributed by atoms with Gasteiger partial charge in [0, 0.05) is 5.02 Å². The third-order valence-electron chi connectivity index (χ3n) is 6.81. The fraction of sp³-hybridized carbons (Fsp3) is 0.194. The van der Waals surface area contributed by atoms with E-state index in [4.69, 9.17) is 30.4 Å². The van der Waals surface area contributed by atoms with E-state index in [2.05, 4.69) is 5.32 Å². The lowest BCUT2D eigenvalue weighted by molar-refractivity contribution is -0.383. The van der Waals surface area contributed by atoms with Crippen LogP contribution >= 0.6 is 11.6 Å². The number of nitrogens with zero attached hydrogens (tertiary/aromatic N) is 1. The number of nitro benzene ring substituents is 1. The standard InChI is InChI=1S/C18H20BNO5.C13H10ClNO2/c1-17(2)18(3,4)25-19(24-17)15-11-10-14(12-16(15)20(21)22)23-13-8-6-5-7-9-13;14-10-6-7-13(12(8-10)15-9-16)17-11-4-2-1-3-5-11/h5-12H,1-4H3;1-9H,(H,15,16). The molecule has 1 aliphatic rings. The number of benzene rings is 4. The zero-order chi connectivity index (χ0) is 30.3. The summed E-state index contributed by atoms with van der Waals surface area (Å²) in [7, 11) is -0.795. The molecule has 216 valence electrons. The Balaban J connectivity index is 0.000000208. The summed E-state index contributed by atoms with van der Waals surface area (Å²) in [5.41, 5.74) is -0.303. The quantitative estimate of drug-likeness (QED) is 0.0989. The fourth-order valence-electron chi connectivity index (χ4n) is 3.92. The highest BCUT2D eigenvalue weighted by molar-refractivity contribution is 6.63. The minimum atomic E-state index is -0.795. The third-order valence-corrected chi connectivity index (χ3v) is 7.05. The van der Waals surface area contributed by atoms with E-state index in [-0.39, 0.29) is 5.69 Å². The lowest BCUT2D eigenvalue weighted by Crippen LogP contribution is -2.41. The first kappa shape index (κ1) is 30.6. The zero-order valence-electron chi connectivity index (χ0n) is 23.6. The number of rotatable bonds is 8. The van der Waals surface area contributed by atoms with Crippen LogP contribution in [0.1, 0.15) is 27.7 Å². The topological polar surface area (TPSA) is 109 Å². The second-order valence-electron chi connectivity index (χ2n) is 10.3. The Hall–Kier alpha value is -4.38. The normalized spacial score (nSPS) is 14.7. The van der Waals surface area contributed by atoms with E-state index in [1.54, 1.807) is 42.5 Å². The maximum Gasteiger partial charge on any atom is 0.501 e. The van der Waals surface area contributed by atoms with Crippen LogP contribution in [0.15, 0.2) is 97.1 Å². The summed E-state index contributed by atoms with van der Waals surface area (Å²) >= 11 is 5.84. The van der Waals surface area contributed by atoms with E-state index in [1.807, 2.05) is 76.2 Å². The Morgan fingerprint density at radius 1 is 0.810 bits per heavy atom. The summed E-state index contributed by atoms with van der Waals surface area (Å²) in [5.74, 6) is 2.25. The lowest BCUT2D eigenvalue weighted by Gasteiger charge is -2.32. The molecule has 0 atom stereocenters. The number of hydrogen-bond donors (Lipinski definition) is 1. The van der Waals surface area contributed by atoms with Crippen molar-refractivity contribution in [3.05, 3.63) is 112 Å². The second kappa shape index (κ2) is 13.1. The molecule has 4 aromatic carbocycles. The van der Waals surface area contributed by atoms with Crippen molar-refractivity contribution < 1.29 is 28.5 Å². The average Bonchev–Trinajstić information content (AvgIpc) is 3.18. The van der Waals surface area contributed by atoms with Gasteiger partial charge >= 0.3 is 7.12 Å². The van der Waals surface area contributed by atoms with E-state index in [0.29, 0.717) is 45.6 Å². The second-order valence-corrected chi connectivity index (χ2v) is 10.7. The molecule has 0 saturated carbocycles. The molecule has 0 bridgehead atoms. The summed E-state index contributed by atoms with van der Waals surface area (Å²) in [5, 5.41) is 14.6. The van der Waals surface area contributed by atoms with Crippen molar-refractivity contribution in [2.75, 3.05) is 5.32 Å². The molecule has 1 aliphatic heterocycles. The van der Waals surface area contributed by atoms with E-state index in [1.165, 1.54) is 6.07 Å². The molecule has 1 fully saturated rings. The monoisotopic (exact) mass is 588 g/mol. The van der Waals surface area contributed by atoms with E-state index >= 15 is 0 Å². The van der Waals surface area contributed by atoms with E-state index in [0.717, 1.165) is 0 Å². The molecule has 42 heavy (non-hydrogen) atoms. The van der Waals surface area contributed by atoms with Crippen LogP contribution in [0.2, 0.25) is 5.02 Å². The van der Waals surface area contributed by atoms with Crippen molar-refractivity contribution in [2.45, 2.75) is 38.9 Å². The number of anilines is 1. The van der Waals surface area contributed by atoms with Gasteiger partial charge in [-0.3, -0.25) is 14.9 Å². The first-order chi connectivity index (χ1) is 20.0. The SMILES string of the molecule is CC1(C)OB(c2ccc(Oc3ccccc3)cc2[N+](=O)[O-])OC1(C)C.O=CNc1cc(Cl)ccc1Oc1ccccc1.